The third kappa shape index (κ3) is 3.98. The van der Waals surface area contributed by atoms with Crippen molar-refractivity contribution in [2.75, 3.05) is 5.32 Å². The topological polar surface area (TPSA) is 97.4 Å². The molecule has 4 N–H and O–H groups in total. The fourth-order valence-electron chi connectivity index (χ4n) is 2.63. The number of hydrogen-bond acceptors (Lipinski definition) is 3. The molecule has 25 heavy (non-hydrogen) atoms. The zero-order chi connectivity index (χ0) is 17.8. The summed E-state index contributed by atoms with van der Waals surface area (Å²) < 4.78 is 5.75. The average Bonchev–Trinajstić information content (AvgIpc) is 3.00. The highest BCUT2D eigenvalue weighted by Gasteiger charge is 2.15. The van der Waals surface area contributed by atoms with E-state index in [4.69, 9.17) is 10.2 Å². The number of hydrogen-bond donors (Lipinski definition) is 3. The zero-order valence-corrected chi connectivity index (χ0v) is 13.8. The Morgan fingerprint density at radius 1 is 1.12 bits per heavy atom. The highest BCUT2D eigenvalue weighted by atomic mass is 16.3. The monoisotopic (exact) mass is 337 g/mol. The number of anilines is 1. The van der Waals surface area contributed by atoms with Crippen molar-refractivity contribution in [2.24, 2.45) is 5.73 Å². The van der Waals surface area contributed by atoms with E-state index in [1.54, 1.807) is 24.3 Å². The smallest absolute Gasteiger partial charge is 0.319 e. The number of carbonyl (C=O) groups excluding carboxylic acids is 2. The minimum atomic E-state index is -0.453. The summed E-state index contributed by atoms with van der Waals surface area (Å²) in [5.74, 6) is 0.215. The predicted octanol–water partition coefficient (Wildman–Crippen LogP) is 3.34. The van der Waals surface area contributed by atoms with E-state index in [2.05, 4.69) is 10.6 Å². The Morgan fingerprint density at radius 3 is 2.60 bits per heavy atom. The van der Waals surface area contributed by atoms with Crippen molar-refractivity contribution in [3.05, 3.63) is 65.9 Å². The molecule has 0 aliphatic heterocycles. The molecule has 6 heteroatoms. The third-order valence-corrected chi connectivity index (χ3v) is 3.85. The zero-order valence-electron chi connectivity index (χ0n) is 13.8. The largest absolute Gasteiger partial charge is 0.459 e. The maximum Gasteiger partial charge on any atom is 0.319 e. The van der Waals surface area contributed by atoms with Gasteiger partial charge in [0, 0.05) is 11.1 Å². The molecule has 0 saturated heterocycles. The van der Waals surface area contributed by atoms with Gasteiger partial charge >= 0.3 is 6.03 Å². The van der Waals surface area contributed by atoms with Gasteiger partial charge in [-0.1, -0.05) is 36.4 Å². The second-order valence-corrected chi connectivity index (χ2v) is 5.81. The van der Waals surface area contributed by atoms with Crippen LogP contribution in [0.2, 0.25) is 0 Å². The van der Waals surface area contributed by atoms with Gasteiger partial charge in [-0.05, 0) is 30.7 Å². The summed E-state index contributed by atoms with van der Waals surface area (Å²) in [7, 11) is 0. The number of benzene rings is 2. The molecule has 3 amide bonds. The van der Waals surface area contributed by atoms with E-state index >= 15 is 0 Å². The normalized spacial score (nSPS) is 11.9. The minimum Gasteiger partial charge on any atom is -0.459 e. The van der Waals surface area contributed by atoms with Crippen molar-refractivity contribution in [3.8, 4) is 0 Å². The Morgan fingerprint density at radius 2 is 1.84 bits per heavy atom. The summed E-state index contributed by atoms with van der Waals surface area (Å²) in [6.07, 6.45) is 0.0651. The summed E-state index contributed by atoms with van der Waals surface area (Å²) in [5, 5.41) is 6.56. The van der Waals surface area contributed by atoms with Crippen LogP contribution in [0.25, 0.3) is 11.0 Å². The summed E-state index contributed by atoms with van der Waals surface area (Å²) >= 11 is 0. The molecule has 0 bridgehead atoms. The van der Waals surface area contributed by atoms with E-state index in [0.29, 0.717) is 17.0 Å². The van der Waals surface area contributed by atoms with Crippen molar-refractivity contribution < 1.29 is 14.0 Å². The first-order chi connectivity index (χ1) is 12.0. The minimum absolute atomic E-state index is 0.0651. The number of para-hydroxylation sites is 2. The van der Waals surface area contributed by atoms with E-state index < -0.39 is 5.91 Å². The van der Waals surface area contributed by atoms with Gasteiger partial charge in [0.15, 0.2) is 0 Å². The van der Waals surface area contributed by atoms with Crippen molar-refractivity contribution in [1.82, 2.24) is 5.32 Å². The summed E-state index contributed by atoms with van der Waals surface area (Å²) in [4.78, 5) is 23.4. The molecule has 3 aromatic rings. The summed E-state index contributed by atoms with van der Waals surface area (Å²) in [6, 6.07) is 15.9. The highest BCUT2D eigenvalue weighted by molar-refractivity contribution is 5.91. The Balaban J connectivity index is 1.69. The lowest BCUT2D eigenvalue weighted by Crippen LogP contribution is -2.31. The van der Waals surface area contributed by atoms with E-state index in [-0.39, 0.29) is 18.5 Å². The van der Waals surface area contributed by atoms with Crippen molar-refractivity contribution in [3.63, 3.8) is 0 Å². The van der Waals surface area contributed by atoms with Gasteiger partial charge in [-0.3, -0.25) is 4.79 Å². The number of primary amides is 1. The molecule has 0 spiro atoms. The molecule has 0 saturated carbocycles. The average molecular weight is 337 g/mol. The van der Waals surface area contributed by atoms with Crippen LogP contribution in [0.3, 0.4) is 0 Å². The predicted molar refractivity (Wildman–Crippen MR) is 96.1 cm³/mol. The van der Waals surface area contributed by atoms with Crippen molar-refractivity contribution in [2.45, 2.75) is 19.4 Å². The molecule has 2 aromatic carbocycles. The van der Waals surface area contributed by atoms with Crippen LogP contribution in [0.1, 0.15) is 24.3 Å². The number of nitrogens with two attached hydrogens (primary N) is 1. The molecule has 1 aromatic heterocycles. The van der Waals surface area contributed by atoms with Crippen molar-refractivity contribution >= 4 is 28.6 Å². The van der Waals surface area contributed by atoms with Crippen LogP contribution >= 0.6 is 0 Å². The van der Waals surface area contributed by atoms with Crippen molar-refractivity contribution in [1.29, 1.82) is 0 Å². The highest BCUT2D eigenvalue weighted by Crippen LogP contribution is 2.23. The number of nitrogens with one attached hydrogen (secondary N) is 2. The van der Waals surface area contributed by atoms with Gasteiger partial charge in [0.1, 0.15) is 11.3 Å². The second kappa shape index (κ2) is 7.09. The summed E-state index contributed by atoms with van der Waals surface area (Å²) in [6.45, 7) is 1.84. The van der Waals surface area contributed by atoms with E-state index in [9.17, 15) is 9.59 Å². The first-order valence-corrected chi connectivity index (χ1v) is 7.95. The molecule has 0 unspecified atom stereocenters. The van der Waals surface area contributed by atoms with Gasteiger partial charge in [0.05, 0.1) is 12.5 Å². The molecule has 6 nitrogen and oxygen atoms in total. The molecule has 0 aliphatic carbocycles. The van der Waals surface area contributed by atoms with Gasteiger partial charge in [-0.15, -0.1) is 0 Å². The Bertz CT molecular complexity index is 884. The summed E-state index contributed by atoms with van der Waals surface area (Å²) in [5.41, 5.74) is 7.23. The molecule has 0 radical (unpaired) electrons. The van der Waals surface area contributed by atoms with Gasteiger partial charge < -0.3 is 20.8 Å². The lowest BCUT2D eigenvalue weighted by molar-refractivity contribution is -0.117. The lowest BCUT2D eigenvalue weighted by atomic mass is 10.1. The van der Waals surface area contributed by atoms with Crippen LogP contribution < -0.4 is 16.4 Å². The maximum atomic E-state index is 12.3. The molecule has 0 fully saturated rings. The third-order valence-electron chi connectivity index (χ3n) is 3.85. The second-order valence-electron chi connectivity index (χ2n) is 5.81. The first-order valence-electron chi connectivity index (χ1n) is 7.95. The van der Waals surface area contributed by atoms with Crippen LogP contribution in [0, 0.1) is 0 Å². The number of carbonyl (C=O) groups is 2. The number of rotatable bonds is 5. The Kier molecular flexibility index (Phi) is 4.70. The van der Waals surface area contributed by atoms with Crippen LogP contribution in [-0.4, -0.2) is 11.9 Å². The van der Waals surface area contributed by atoms with Crippen LogP contribution in [-0.2, 0) is 11.2 Å². The first kappa shape index (κ1) is 16.6. The standard InChI is InChI=1S/C19H19N3O3/c1-12(17-10-14-7-3-5-9-16(14)25-17)21-19(24)22-15-8-4-2-6-13(15)11-18(20)23/h2-10,12H,11H2,1H3,(H2,20,23)(H2,21,22,24)/t12-/m1/s1. The number of furan rings is 1. The maximum absolute atomic E-state index is 12.3. The van der Waals surface area contributed by atoms with Crippen LogP contribution in [0.5, 0.6) is 0 Å². The molecular formula is C19H19N3O3. The Hall–Kier alpha value is -3.28. The van der Waals surface area contributed by atoms with E-state index in [1.807, 2.05) is 37.3 Å². The van der Waals surface area contributed by atoms with Gasteiger partial charge in [0.25, 0.3) is 0 Å². The quantitative estimate of drug-likeness (QED) is 0.666. The lowest BCUT2D eigenvalue weighted by Gasteiger charge is -2.14. The molecular weight excluding hydrogens is 318 g/mol. The molecule has 1 atom stereocenters. The van der Waals surface area contributed by atoms with E-state index in [0.717, 1.165) is 11.0 Å². The van der Waals surface area contributed by atoms with E-state index in [1.165, 1.54) is 0 Å². The van der Waals surface area contributed by atoms with Crippen LogP contribution in [0.4, 0.5) is 10.5 Å². The number of fused-ring (bicyclic) bond motifs is 1. The van der Waals surface area contributed by atoms with Gasteiger partial charge in [0.2, 0.25) is 5.91 Å². The fraction of sp³-hybridized carbons (Fsp3) is 0.158. The number of urea groups is 1. The van der Waals surface area contributed by atoms with Crippen LogP contribution in [0.15, 0.2) is 59.0 Å². The van der Waals surface area contributed by atoms with Gasteiger partial charge in [-0.2, -0.15) is 0 Å². The SMILES string of the molecule is C[C@@H](NC(=O)Nc1ccccc1CC(N)=O)c1cc2ccccc2o1. The van der Waals surface area contributed by atoms with Gasteiger partial charge in [-0.25, -0.2) is 4.79 Å². The fourth-order valence-corrected chi connectivity index (χ4v) is 2.63. The molecule has 0 aliphatic rings. The number of amides is 3. The molecule has 128 valence electrons. The molecule has 1 heterocycles. The molecule has 3 rings (SSSR count). The Labute approximate surface area is 145 Å².